The minimum absolute atomic E-state index is 0.0266. The summed E-state index contributed by atoms with van der Waals surface area (Å²) in [6, 6.07) is 0. The second kappa shape index (κ2) is 4.00. The molecule has 0 unspecified atom stereocenters. The SMILES string of the molecule is O=C(O)C=C(C(=O)O)C(=O)C(=O)O. The molecule has 7 heteroatoms. The van der Waals surface area contributed by atoms with E-state index in [0.29, 0.717) is 0 Å². The average Bonchev–Trinajstić information content (AvgIpc) is 1.97. The lowest BCUT2D eigenvalue weighted by molar-refractivity contribution is -0.149. The predicted molar refractivity (Wildman–Crippen MR) is 36.0 cm³/mol. The van der Waals surface area contributed by atoms with Crippen molar-refractivity contribution in [2.24, 2.45) is 0 Å². The largest absolute Gasteiger partial charge is 0.478 e. The van der Waals surface area contributed by atoms with E-state index in [4.69, 9.17) is 15.3 Å². The van der Waals surface area contributed by atoms with Gasteiger partial charge in [-0.05, 0) is 0 Å². The van der Waals surface area contributed by atoms with Crippen molar-refractivity contribution in [3.63, 3.8) is 0 Å². The van der Waals surface area contributed by atoms with Crippen LogP contribution in [0.4, 0.5) is 0 Å². The van der Waals surface area contributed by atoms with Crippen LogP contribution in [0.3, 0.4) is 0 Å². The second-order valence-corrected chi connectivity index (χ2v) is 1.84. The molecule has 0 radical (unpaired) electrons. The van der Waals surface area contributed by atoms with Crippen LogP contribution in [0.5, 0.6) is 0 Å². The van der Waals surface area contributed by atoms with Crippen LogP contribution in [0.2, 0.25) is 0 Å². The Hall–Kier alpha value is -2.18. The lowest BCUT2D eigenvalue weighted by atomic mass is 10.1. The average molecular weight is 188 g/mol. The third kappa shape index (κ3) is 3.14. The third-order valence-electron chi connectivity index (χ3n) is 0.937. The van der Waals surface area contributed by atoms with E-state index in [9.17, 15) is 19.2 Å². The van der Waals surface area contributed by atoms with E-state index in [1.54, 1.807) is 0 Å². The van der Waals surface area contributed by atoms with Gasteiger partial charge in [-0.3, -0.25) is 4.79 Å². The minimum atomic E-state index is -2.02. The molecular formula is C6H4O7. The van der Waals surface area contributed by atoms with E-state index in [1.165, 1.54) is 0 Å². The first-order valence-corrected chi connectivity index (χ1v) is 2.81. The number of carboxylic acid groups (broad SMARTS) is 3. The van der Waals surface area contributed by atoms with Crippen LogP contribution in [0.15, 0.2) is 11.6 Å². The van der Waals surface area contributed by atoms with Crippen molar-refractivity contribution in [2.75, 3.05) is 0 Å². The lowest BCUT2D eigenvalue weighted by Crippen LogP contribution is -2.21. The van der Waals surface area contributed by atoms with E-state index < -0.39 is 29.3 Å². The molecule has 3 N–H and O–H groups in total. The summed E-state index contributed by atoms with van der Waals surface area (Å²) in [4.78, 5) is 40.6. The molecule has 0 spiro atoms. The summed E-state index contributed by atoms with van der Waals surface area (Å²) in [5.74, 6) is -7.38. The fourth-order valence-corrected chi connectivity index (χ4v) is 0.463. The summed E-state index contributed by atoms with van der Waals surface area (Å²) in [5.41, 5.74) is -1.29. The molecule has 0 aromatic rings. The molecule has 0 heterocycles. The molecule has 0 rings (SSSR count). The van der Waals surface area contributed by atoms with Gasteiger partial charge in [0.2, 0.25) is 0 Å². The van der Waals surface area contributed by atoms with E-state index in [0.717, 1.165) is 0 Å². The molecule has 0 saturated heterocycles. The third-order valence-corrected chi connectivity index (χ3v) is 0.937. The first-order chi connectivity index (χ1) is 5.86. The maximum Gasteiger partial charge on any atom is 0.377 e. The van der Waals surface area contributed by atoms with Gasteiger partial charge in [0.15, 0.2) is 0 Å². The Morgan fingerprint density at radius 2 is 1.31 bits per heavy atom. The maximum atomic E-state index is 10.5. The van der Waals surface area contributed by atoms with E-state index in [1.807, 2.05) is 0 Å². The Bertz CT molecular complexity index is 311. The van der Waals surface area contributed by atoms with E-state index >= 15 is 0 Å². The Kier molecular flexibility index (Phi) is 3.33. The zero-order chi connectivity index (χ0) is 10.6. The number of aliphatic carboxylic acids is 3. The van der Waals surface area contributed by atoms with Crippen LogP contribution in [0.1, 0.15) is 0 Å². The van der Waals surface area contributed by atoms with Gasteiger partial charge in [0.05, 0.1) is 0 Å². The summed E-state index contributed by atoms with van der Waals surface area (Å²) < 4.78 is 0. The summed E-state index contributed by atoms with van der Waals surface area (Å²) in [6.45, 7) is 0. The number of rotatable bonds is 4. The molecule has 0 aliphatic carbocycles. The van der Waals surface area contributed by atoms with Crippen LogP contribution < -0.4 is 0 Å². The zero-order valence-corrected chi connectivity index (χ0v) is 6.05. The fourth-order valence-electron chi connectivity index (χ4n) is 0.463. The van der Waals surface area contributed by atoms with Gasteiger partial charge in [0.1, 0.15) is 5.57 Å². The molecule has 0 fully saturated rings. The predicted octanol–water partition coefficient (Wildman–Crippen LogP) is -1.26. The Labute approximate surface area is 70.9 Å². The quantitative estimate of drug-likeness (QED) is 0.217. The molecule has 7 nitrogen and oxygen atoms in total. The van der Waals surface area contributed by atoms with Gasteiger partial charge in [-0.2, -0.15) is 0 Å². The second-order valence-electron chi connectivity index (χ2n) is 1.84. The monoisotopic (exact) mass is 188 g/mol. The Morgan fingerprint density at radius 3 is 1.54 bits per heavy atom. The molecule has 70 valence electrons. The van der Waals surface area contributed by atoms with Crippen LogP contribution in [0.25, 0.3) is 0 Å². The van der Waals surface area contributed by atoms with Crippen molar-refractivity contribution in [3.8, 4) is 0 Å². The van der Waals surface area contributed by atoms with Crippen LogP contribution in [-0.2, 0) is 19.2 Å². The first-order valence-electron chi connectivity index (χ1n) is 2.81. The Morgan fingerprint density at radius 1 is 0.846 bits per heavy atom. The van der Waals surface area contributed by atoms with Crippen molar-refractivity contribution in [1.29, 1.82) is 0 Å². The number of ketones is 1. The molecule has 0 atom stereocenters. The highest BCUT2D eigenvalue weighted by molar-refractivity contribution is 6.46. The number of carboxylic acids is 3. The normalized spacial score (nSPS) is 10.6. The first kappa shape index (κ1) is 10.8. The van der Waals surface area contributed by atoms with Crippen LogP contribution >= 0.6 is 0 Å². The lowest BCUT2D eigenvalue weighted by Gasteiger charge is -1.93. The molecule has 0 aliphatic rings. The molecule has 0 aromatic carbocycles. The number of Topliss-reactive ketones (excluding diaryl/α,β-unsaturated/α-hetero) is 1. The van der Waals surface area contributed by atoms with Gasteiger partial charge in [0, 0.05) is 6.08 Å². The van der Waals surface area contributed by atoms with Crippen LogP contribution in [0, 0.1) is 0 Å². The van der Waals surface area contributed by atoms with Crippen molar-refractivity contribution >= 4 is 23.7 Å². The number of carbonyl (C=O) groups excluding carboxylic acids is 1. The van der Waals surface area contributed by atoms with Gasteiger partial charge in [-0.15, -0.1) is 0 Å². The highest BCUT2D eigenvalue weighted by Crippen LogP contribution is 1.97. The number of carbonyl (C=O) groups is 4. The summed E-state index contributed by atoms with van der Waals surface area (Å²) in [5, 5.41) is 24.4. The number of hydrogen-bond donors (Lipinski definition) is 3. The van der Waals surface area contributed by atoms with Gasteiger partial charge in [-0.25, -0.2) is 14.4 Å². The van der Waals surface area contributed by atoms with Gasteiger partial charge in [0.25, 0.3) is 5.78 Å². The maximum absolute atomic E-state index is 10.5. The van der Waals surface area contributed by atoms with Crippen LogP contribution in [-0.4, -0.2) is 39.0 Å². The minimum Gasteiger partial charge on any atom is -0.478 e. The molecular weight excluding hydrogens is 184 g/mol. The molecule has 0 aromatic heterocycles. The summed E-state index contributed by atoms with van der Waals surface area (Å²) in [6.07, 6.45) is 0.0266. The Balaban J connectivity index is 5.05. The highest BCUT2D eigenvalue weighted by atomic mass is 16.4. The molecule has 0 amide bonds. The smallest absolute Gasteiger partial charge is 0.377 e. The van der Waals surface area contributed by atoms with Crippen molar-refractivity contribution in [2.45, 2.75) is 0 Å². The molecule has 13 heavy (non-hydrogen) atoms. The van der Waals surface area contributed by atoms with E-state index in [2.05, 4.69) is 0 Å². The molecule has 0 saturated carbocycles. The molecule has 0 aliphatic heterocycles. The number of hydrogen-bond acceptors (Lipinski definition) is 4. The van der Waals surface area contributed by atoms with Gasteiger partial charge < -0.3 is 15.3 Å². The highest BCUT2D eigenvalue weighted by Gasteiger charge is 2.24. The summed E-state index contributed by atoms with van der Waals surface area (Å²) >= 11 is 0. The summed E-state index contributed by atoms with van der Waals surface area (Å²) in [7, 11) is 0. The van der Waals surface area contributed by atoms with Crippen molar-refractivity contribution in [3.05, 3.63) is 11.6 Å². The van der Waals surface area contributed by atoms with Gasteiger partial charge in [-0.1, -0.05) is 0 Å². The molecule has 0 bridgehead atoms. The zero-order valence-electron chi connectivity index (χ0n) is 6.05. The fraction of sp³-hybridized carbons (Fsp3) is 0. The van der Waals surface area contributed by atoms with Gasteiger partial charge >= 0.3 is 17.9 Å². The topological polar surface area (TPSA) is 129 Å². The standard InChI is InChI=1S/C6H4O7/c7-3(8)1-2(5(10)11)4(9)6(12)13/h1H,(H,7,8)(H,10,11)(H,12,13). The van der Waals surface area contributed by atoms with E-state index in [-0.39, 0.29) is 6.08 Å². The van der Waals surface area contributed by atoms with Crippen molar-refractivity contribution in [1.82, 2.24) is 0 Å². The van der Waals surface area contributed by atoms with Crippen molar-refractivity contribution < 1.29 is 34.5 Å².